The van der Waals surface area contributed by atoms with Crippen LogP contribution in [0.5, 0.6) is 0 Å². The van der Waals surface area contributed by atoms with Gasteiger partial charge >= 0.3 is 0 Å². The standard InChI is InChI=1S/C21H22ClN5O/c1-3-27(4-2)18-11-9-17(10-12-18)25-21-23-14-13-19(26-21)20(28)24-16-7-5-15(22)6-8-16/h5-14H,3-4H2,1-2H3,(H,24,28)(H,23,25,26). The maximum absolute atomic E-state index is 12.4. The minimum atomic E-state index is -0.315. The second-order valence-electron chi connectivity index (χ2n) is 6.07. The SMILES string of the molecule is CCN(CC)c1ccc(Nc2nccc(C(=O)Nc3ccc(Cl)cc3)n2)cc1. The van der Waals surface area contributed by atoms with Gasteiger partial charge in [-0.25, -0.2) is 9.97 Å². The van der Waals surface area contributed by atoms with Gasteiger partial charge in [0.05, 0.1) is 0 Å². The van der Waals surface area contributed by atoms with Crippen LogP contribution >= 0.6 is 11.6 Å². The number of halogens is 1. The molecular weight excluding hydrogens is 374 g/mol. The van der Waals surface area contributed by atoms with Gasteiger partial charge in [0, 0.05) is 41.4 Å². The van der Waals surface area contributed by atoms with Crippen LogP contribution in [0.25, 0.3) is 0 Å². The quantitative estimate of drug-likeness (QED) is 0.590. The summed E-state index contributed by atoms with van der Waals surface area (Å²) in [4.78, 5) is 23.2. The molecule has 0 saturated heterocycles. The summed E-state index contributed by atoms with van der Waals surface area (Å²) in [7, 11) is 0. The van der Waals surface area contributed by atoms with E-state index in [0.717, 1.165) is 24.5 Å². The molecule has 0 aliphatic heterocycles. The third kappa shape index (κ3) is 4.98. The highest BCUT2D eigenvalue weighted by molar-refractivity contribution is 6.30. The highest BCUT2D eigenvalue weighted by Crippen LogP contribution is 2.20. The number of hydrogen-bond donors (Lipinski definition) is 2. The molecule has 1 heterocycles. The van der Waals surface area contributed by atoms with E-state index < -0.39 is 0 Å². The van der Waals surface area contributed by atoms with Gasteiger partial charge in [-0.1, -0.05) is 11.6 Å². The zero-order chi connectivity index (χ0) is 19.9. The van der Waals surface area contributed by atoms with Crippen LogP contribution in [0.4, 0.5) is 23.0 Å². The summed E-state index contributed by atoms with van der Waals surface area (Å²) in [5.74, 6) is 0.0454. The monoisotopic (exact) mass is 395 g/mol. The Morgan fingerprint density at radius 2 is 1.61 bits per heavy atom. The molecule has 3 aromatic rings. The summed E-state index contributed by atoms with van der Waals surface area (Å²) in [5.41, 5.74) is 2.93. The molecule has 0 aliphatic carbocycles. The normalized spacial score (nSPS) is 10.4. The van der Waals surface area contributed by atoms with Crippen LogP contribution < -0.4 is 15.5 Å². The summed E-state index contributed by atoms with van der Waals surface area (Å²) < 4.78 is 0. The average Bonchev–Trinajstić information content (AvgIpc) is 2.72. The Kier molecular flexibility index (Phi) is 6.45. The number of benzene rings is 2. The number of carbonyl (C=O) groups excluding carboxylic acids is 1. The molecule has 28 heavy (non-hydrogen) atoms. The fourth-order valence-corrected chi connectivity index (χ4v) is 2.87. The molecular formula is C21H22ClN5O. The number of anilines is 4. The molecule has 0 fully saturated rings. The van der Waals surface area contributed by atoms with Crippen LogP contribution in [0.2, 0.25) is 5.02 Å². The fraction of sp³-hybridized carbons (Fsp3) is 0.190. The van der Waals surface area contributed by atoms with Crippen molar-refractivity contribution in [2.24, 2.45) is 0 Å². The number of rotatable bonds is 7. The zero-order valence-corrected chi connectivity index (χ0v) is 16.6. The predicted molar refractivity (Wildman–Crippen MR) is 115 cm³/mol. The summed E-state index contributed by atoms with van der Waals surface area (Å²) >= 11 is 5.86. The first-order valence-electron chi connectivity index (χ1n) is 9.11. The van der Waals surface area contributed by atoms with Crippen molar-refractivity contribution in [1.82, 2.24) is 9.97 Å². The first-order chi connectivity index (χ1) is 13.6. The Morgan fingerprint density at radius 1 is 0.964 bits per heavy atom. The van der Waals surface area contributed by atoms with Crippen molar-refractivity contribution in [3.63, 3.8) is 0 Å². The first kappa shape index (κ1) is 19.6. The van der Waals surface area contributed by atoms with Gasteiger partial charge in [-0.15, -0.1) is 0 Å². The molecule has 2 N–H and O–H groups in total. The van der Waals surface area contributed by atoms with E-state index in [-0.39, 0.29) is 11.6 Å². The number of amides is 1. The molecule has 144 valence electrons. The van der Waals surface area contributed by atoms with Crippen LogP contribution in [0.3, 0.4) is 0 Å². The Balaban J connectivity index is 1.69. The molecule has 3 rings (SSSR count). The smallest absolute Gasteiger partial charge is 0.274 e. The second kappa shape index (κ2) is 9.19. The molecule has 0 radical (unpaired) electrons. The third-order valence-corrected chi connectivity index (χ3v) is 4.49. The van der Waals surface area contributed by atoms with Gasteiger partial charge < -0.3 is 15.5 Å². The summed E-state index contributed by atoms with van der Waals surface area (Å²) in [6.45, 7) is 6.17. The van der Waals surface area contributed by atoms with E-state index in [1.807, 2.05) is 24.3 Å². The summed E-state index contributed by atoms with van der Waals surface area (Å²) in [6.07, 6.45) is 1.55. The topological polar surface area (TPSA) is 70.2 Å². The van der Waals surface area contributed by atoms with Crippen LogP contribution in [0.15, 0.2) is 60.8 Å². The lowest BCUT2D eigenvalue weighted by Crippen LogP contribution is -2.21. The van der Waals surface area contributed by atoms with E-state index >= 15 is 0 Å². The fourth-order valence-electron chi connectivity index (χ4n) is 2.75. The Morgan fingerprint density at radius 3 is 2.25 bits per heavy atom. The lowest BCUT2D eigenvalue weighted by atomic mass is 10.2. The predicted octanol–water partition coefficient (Wildman–Crippen LogP) is 4.97. The Bertz CT molecular complexity index is 924. The zero-order valence-electron chi connectivity index (χ0n) is 15.8. The third-order valence-electron chi connectivity index (χ3n) is 4.24. The largest absolute Gasteiger partial charge is 0.372 e. The summed E-state index contributed by atoms with van der Waals surface area (Å²) in [5, 5.41) is 6.53. The van der Waals surface area contributed by atoms with Crippen molar-refractivity contribution in [3.8, 4) is 0 Å². The van der Waals surface area contributed by atoms with Crippen molar-refractivity contribution < 1.29 is 4.79 Å². The van der Waals surface area contributed by atoms with Crippen LogP contribution in [0.1, 0.15) is 24.3 Å². The number of hydrogen-bond acceptors (Lipinski definition) is 5. The number of nitrogens with one attached hydrogen (secondary N) is 2. The highest BCUT2D eigenvalue weighted by atomic mass is 35.5. The second-order valence-corrected chi connectivity index (χ2v) is 6.51. The Hall–Kier alpha value is -3.12. The van der Waals surface area contributed by atoms with E-state index in [4.69, 9.17) is 11.6 Å². The van der Waals surface area contributed by atoms with Gasteiger partial charge in [-0.05, 0) is 68.4 Å². The molecule has 6 nitrogen and oxygen atoms in total. The number of aromatic nitrogens is 2. The molecule has 1 aromatic heterocycles. The summed E-state index contributed by atoms with van der Waals surface area (Å²) in [6, 6.07) is 16.5. The lowest BCUT2D eigenvalue weighted by Gasteiger charge is -2.21. The average molecular weight is 396 g/mol. The maximum Gasteiger partial charge on any atom is 0.274 e. The first-order valence-corrected chi connectivity index (χ1v) is 9.49. The molecule has 1 amide bonds. The van der Waals surface area contributed by atoms with Crippen LogP contribution in [-0.2, 0) is 0 Å². The number of carbonyl (C=O) groups is 1. The van der Waals surface area contributed by atoms with Crippen molar-refractivity contribution in [3.05, 3.63) is 71.5 Å². The van der Waals surface area contributed by atoms with E-state index in [1.165, 1.54) is 0 Å². The van der Waals surface area contributed by atoms with Crippen molar-refractivity contribution in [1.29, 1.82) is 0 Å². The molecule has 2 aromatic carbocycles. The van der Waals surface area contributed by atoms with Gasteiger partial charge in [0.25, 0.3) is 5.91 Å². The van der Waals surface area contributed by atoms with Gasteiger partial charge in [0.1, 0.15) is 5.69 Å². The van der Waals surface area contributed by atoms with Gasteiger partial charge in [0.2, 0.25) is 5.95 Å². The molecule has 0 saturated carbocycles. The van der Waals surface area contributed by atoms with Gasteiger partial charge in [-0.2, -0.15) is 0 Å². The minimum absolute atomic E-state index is 0.271. The molecule has 7 heteroatoms. The van der Waals surface area contributed by atoms with Crippen molar-refractivity contribution in [2.45, 2.75) is 13.8 Å². The molecule has 0 spiro atoms. The van der Waals surface area contributed by atoms with E-state index in [2.05, 4.69) is 39.3 Å². The number of nitrogens with zero attached hydrogens (tertiary/aromatic N) is 3. The molecule has 0 bridgehead atoms. The van der Waals surface area contributed by atoms with E-state index in [0.29, 0.717) is 16.7 Å². The van der Waals surface area contributed by atoms with E-state index in [9.17, 15) is 4.79 Å². The van der Waals surface area contributed by atoms with Gasteiger partial charge in [-0.3, -0.25) is 4.79 Å². The van der Waals surface area contributed by atoms with Crippen LogP contribution in [0, 0.1) is 0 Å². The van der Waals surface area contributed by atoms with E-state index in [1.54, 1.807) is 36.5 Å². The van der Waals surface area contributed by atoms with Crippen molar-refractivity contribution in [2.75, 3.05) is 28.6 Å². The molecule has 0 aliphatic rings. The lowest BCUT2D eigenvalue weighted by molar-refractivity contribution is 0.102. The Labute approximate surface area is 169 Å². The maximum atomic E-state index is 12.4. The van der Waals surface area contributed by atoms with Gasteiger partial charge in [0.15, 0.2) is 0 Å². The van der Waals surface area contributed by atoms with Crippen LogP contribution in [-0.4, -0.2) is 29.0 Å². The molecule has 0 atom stereocenters. The van der Waals surface area contributed by atoms with Crippen molar-refractivity contribution >= 4 is 40.5 Å². The molecule has 0 unspecified atom stereocenters. The highest BCUT2D eigenvalue weighted by Gasteiger charge is 2.10. The minimum Gasteiger partial charge on any atom is -0.372 e.